The van der Waals surface area contributed by atoms with E-state index in [0.29, 0.717) is 21.1 Å². The number of para-hydroxylation sites is 1. The summed E-state index contributed by atoms with van der Waals surface area (Å²) in [5, 5.41) is 17.2. The number of hydrogen-bond acceptors (Lipinski definition) is 4. The third-order valence-corrected chi connectivity index (χ3v) is 4.21. The molecule has 8 heteroatoms. The van der Waals surface area contributed by atoms with Crippen LogP contribution in [0.25, 0.3) is 5.69 Å². The molecule has 1 heterocycles. The highest BCUT2D eigenvalue weighted by Crippen LogP contribution is 2.31. The fraction of sp³-hybridized carbons (Fsp3) is 0.308. The van der Waals surface area contributed by atoms with Gasteiger partial charge in [0.2, 0.25) is 0 Å². The quantitative estimate of drug-likeness (QED) is 0.812. The molecule has 0 amide bonds. The molecule has 0 atom stereocenters. The highest BCUT2D eigenvalue weighted by molar-refractivity contribution is 9.10. The van der Waals surface area contributed by atoms with Crippen LogP contribution in [0.5, 0.6) is 0 Å². The van der Waals surface area contributed by atoms with Crippen molar-refractivity contribution in [2.75, 3.05) is 5.75 Å². The molecule has 0 spiro atoms. The van der Waals surface area contributed by atoms with Gasteiger partial charge in [-0.2, -0.15) is 0 Å². The maximum Gasteiger partial charge on any atom is 0.313 e. The van der Waals surface area contributed by atoms with Crippen LogP contribution in [0.4, 0.5) is 4.39 Å². The summed E-state index contributed by atoms with van der Waals surface area (Å²) in [6.07, 6.45) is 0. The lowest BCUT2D eigenvalue weighted by molar-refractivity contribution is -0.133. The summed E-state index contributed by atoms with van der Waals surface area (Å²) < 4.78 is 16.3. The molecular weight excluding hydrogens is 361 g/mol. The van der Waals surface area contributed by atoms with Crippen molar-refractivity contribution in [3.63, 3.8) is 0 Å². The molecule has 0 fully saturated rings. The van der Waals surface area contributed by atoms with Gasteiger partial charge < -0.3 is 5.11 Å². The van der Waals surface area contributed by atoms with Gasteiger partial charge in [0, 0.05) is 10.4 Å². The minimum absolute atomic E-state index is 0.0168. The van der Waals surface area contributed by atoms with E-state index in [4.69, 9.17) is 5.11 Å². The van der Waals surface area contributed by atoms with Crippen LogP contribution in [0, 0.1) is 5.82 Å². The highest BCUT2D eigenvalue weighted by atomic mass is 79.9. The van der Waals surface area contributed by atoms with Crippen LogP contribution in [0.15, 0.2) is 27.8 Å². The molecule has 0 unspecified atom stereocenters. The van der Waals surface area contributed by atoms with Crippen molar-refractivity contribution in [2.24, 2.45) is 0 Å². The molecule has 0 saturated heterocycles. The Kier molecular flexibility index (Phi) is 5.00. The topological polar surface area (TPSA) is 68.0 Å². The minimum atomic E-state index is -0.965. The SMILES string of the molecule is CC(C)c1nnc(SCC(=O)O)n1-c1c(F)cccc1Br. The van der Waals surface area contributed by atoms with E-state index in [1.165, 1.54) is 6.07 Å². The van der Waals surface area contributed by atoms with E-state index in [2.05, 4.69) is 26.1 Å². The smallest absolute Gasteiger partial charge is 0.313 e. The number of hydrogen-bond donors (Lipinski definition) is 1. The zero-order chi connectivity index (χ0) is 15.6. The Hall–Kier alpha value is -1.41. The predicted molar refractivity (Wildman–Crippen MR) is 81.5 cm³/mol. The number of rotatable bonds is 5. The second kappa shape index (κ2) is 6.57. The van der Waals surface area contributed by atoms with E-state index < -0.39 is 11.8 Å². The van der Waals surface area contributed by atoms with E-state index in [1.807, 2.05) is 13.8 Å². The number of benzene rings is 1. The van der Waals surface area contributed by atoms with Gasteiger partial charge in [0.1, 0.15) is 11.6 Å². The van der Waals surface area contributed by atoms with Gasteiger partial charge in [-0.25, -0.2) is 4.39 Å². The van der Waals surface area contributed by atoms with Crippen LogP contribution in [-0.4, -0.2) is 31.6 Å². The lowest BCUT2D eigenvalue weighted by Crippen LogP contribution is -2.08. The molecule has 2 rings (SSSR count). The standard InChI is InChI=1S/C13H13BrFN3O2S/c1-7(2)12-16-17-13(21-6-10(19)20)18(12)11-8(14)4-3-5-9(11)15/h3-5,7H,6H2,1-2H3,(H,19,20). The number of carboxylic acids is 1. The summed E-state index contributed by atoms with van der Waals surface area (Å²) >= 11 is 4.33. The number of thioether (sulfide) groups is 1. The molecule has 112 valence electrons. The number of nitrogens with zero attached hydrogens (tertiary/aromatic N) is 3. The Morgan fingerprint density at radius 1 is 1.48 bits per heavy atom. The lowest BCUT2D eigenvalue weighted by atomic mass is 10.2. The van der Waals surface area contributed by atoms with Crippen molar-refractivity contribution in [3.05, 3.63) is 34.3 Å². The van der Waals surface area contributed by atoms with Crippen LogP contribution < -0.4 is 0 Å². The van der Waals surface area contributed by atoms with Gasteiger partial charge in [-0.15, -0.1) is 10.2 Å². The molecule has 1 N–H and O–H groups in total. The summed E-state index contributed by atoms with van der Waals surface area (Å²) in [6.45, 7) is 3.84. The van der Waals surface area contributed by atoms with E-state index in [9.17, 15) is 9.18 Å². The number of halogens is 2. The Bertz CT molecular complexity index is 655. The first kappa shape index (κ1) is 16.0. The summed E-state index contributed by atoms with van der Waals surface area (Å²) in [6, 6.07) is 4.65. The molecule has 5 nitrogen and oxygen atoms in total. The number of aliphatic carboxylic acids is 1. The zero-order valence-electron chi connectivity index (χ0n) is 11.4. The van der Waals surface area contributed by atoms with Gasteiger partial charge in [0.25, 0.3) is 0 Å². The van der Waals surface area contributed by atoms with Crippen molar-refractivity contribution >= 4 is 33.7 Å². The molecule has 2 aromatic rings. The zero-order valence-corrected chi connectivity index (χ0v) is 13.8. The fourth-order valence-electron chi connectivity index (χ4n) is 1.79. The summed E-state index contributed by atoms with van der Waals surface area (Å²) in [5.41, 5.74) is 0.291. The van der Waals surface area contributed by atoms with E-state index in [0.717, 1.165) is 11.8 Å². The van der Waals surface area contributed by atoms with Gasteiger partial charge in [-0.05, 0) is 28.1 Å². The third kappa shape index (κ3) is 3.44. The molecule has 0 saturated carbocycles. The Balaban J connectivity index is 2.58. The van der Waals surface area contributed by atoms with Crippen LogP contribution in [-0.2, 0) is 4.79 Å². The van der Waals surface area contributed by atoms with Crippen molar-refractivity contribution < 1.29 is 14.3 Å². The van der Waals surface area contributed by atoms with Gasteiger partial charge in [-0.1, -0.05) is 31.7 Å². The first-order chi connectivity index (χ1) is 9.91. The second-order valence-electron chi connectivity index (χ2n) is 4.58. The molecule has 0 aliphatic heterocycles. The van der Waals surface area contributed by atoms with E-state index >= 15 is 0 Å². The Morgan fingerprint density at radius 2 is 2.19 bits per heavy atom. The van der Waals surface area contributed by atoms with E-state index in [1.54, 1.807) is 16.7 Å². The van der Waals surface area contributed by atoms with Crippen molar-refractivity contribution in [3.8, 4) is 5.69 Å². The number of aromatic nitrogens is 3. The molecule has 0 bridgehead atoms. The molecule has 21 heavy (non-hydrogen) atoms. The molecule has 0 aliphatic carbocycles. The minimum Gasteiger partial charge on any atom is -0.481 e. The van der Waals surface area contributed by atoms with Crippen LogP contribution >= 0.6 is 27.7 Å². The molecule has 0 aliphatic rings. The number of carboxylic acid groups (broad SMARTS) is 1. The average Bonchev–Trinajstić information content (AvgIpc) is 2.80. The predicted octanol–water partition coefficient (Wildman–Crippen LogP) is 3.47. The lowest BCUT2D eigenvalue weighted by Gasteiger charge is -2.14. The fourth-order valence-corrected chi connectivity index (χ4v) is 2.97. The van der Waals surface area contributed by atoms with E-state index in [-0.39, 0.29) is 11.7 Å². The van der Waals surface area contributed by atoms with Gasteiger partial charge in [-0.3, -0.25) is 9.36 Å². The Labute approximate surface area is 133 Å². The van der Waals surface area contributed by atoms with Crippen molar-refractivity contribution in [2.45, 2.75) is 24.9 Å². The van der Waals surface area contributed by atoms with Crippen molar-refractivity contribution in [1.82, 2.24) is 14.8 Å². The van der Waals surface area contributed by atoms with Gasteiger partial charge in [0.05, 0.1) is 11.4 Å². The summed E-state index contributed by atoms with van der Waals surface area (Å²) in [4.78, 5) is 10.7. The van der Waals surface area contributed by atoms with Gasteiger partial charge in [0.15, 0.2) is 5.16 Å². The number of carbonyl (C=O) groups is 1. The largest absolute Gasteiger partial charge is 0.481 e. The molecular formula is C13H13BrFN3O2S. The van der Waals surface area contributed by atoms with Crippen LogP contribution in [0.3, 0.4) is 0 Å². The maximum atomic E-state index is 14.2. The summed E-state index contributed by atoms with van der Waals surface area (Å²) in [5.74, 6) is -0.962. The first-order valence-electron chi connectivity index (χ1n) is 6.16. The molecule has 0 radical (unpaired) electrons. The normalized spacial score (nSPS) is 11.1. The Morgan fingerprint density at radius 3 is 2.76 bits per heavy atom. The first-order valence-corrected chi connectivity index (χ1v) is 7.94. The summed E-state index contributed by atoms with van der Waals surface area (Å²) in [7, 11) is 0. The molecule has 1 aromatic heterocycles. The van der Waals surface area contributed by atoms with Gasteiger partial charge >= 0.3 is 5.97 Å². The maximum absolute atomic E-state index is 14.2. The van der Waals surface area contributed by atoms with Crippen LogP contribution in [0.1, 0.15) is 25.6 Å². The monoisotopic (exact) mass is 373 g/mol. The third-order valence-electron chi connectivity index (χ3n) is 2.66. The van der Waals surface area contributed by atoms with Crippen molar-refractivity contribution in [1.29, 1.82) is 0 Å². The highest BCUT2D eigenvalue weighted by Gasteiger charge is 2.21. The second-order valence-corrected chi connectivity index (χ2v) is 6.38. The average molecular weight is 374 g/mol. The van der Waals surface area contributed by atoms with Crippen LogP contribution in [0.2, 0.25) is 0 Å². The molecule has 1 aromatic carbocycles.